The predicted molar refractivity (Wildman–Crippen MR) is 104 cm³/mol. The zero-order valence-electron chi connectivity index (χ0n) is 16.2. The lowest BCUT2D eigenvalue weighted by molar-refractivity contribution is -1.02. The van der Waals surface area contributed by atoms with E-state index in [1.54, 1.807) is 0 Å². The van der Waals surface area contributed by atoms with Crippen LogP contribution in [0.25, 0.3) is 0 Å². The largest absolute Gasteiger partial charge is 0.454 e. The fourth-order valence-corrected chi connectivity index (χ4v) is 4.06. The second kappa shape index (κ2) is 7.81. The number of amides is 1. The molecule has 29 heavy (non-hydrogen) atoms. The molecule has 0 unspecified atom stereocenters. The minimum atomic E-state index is 0.0260. The molecule has 0 aliphatic carbocycles. The summed E-state index contributed by atoms with van der Waals surface area (Å²) in [5, 5.41) is 2.97. The van der Waals surface area contributed by atoms with Gasteiger partial charge in [-0.3, -0.25) is 4.79 Å². The molecular formula is C21H25N3O5+2. The lowest BCUT2D eigenvalue weighted by Crippen LogP contribution is -3.28. The van der Waals surface area contributed by atoms with Crippen LogP contribution in [0, 0.1) is 0 Å². The fraction of sp³-hybridized carbons (Fsp3) is 0.381. The molecule has 0 radical (unpaired) electrons. The maximum Gasteiger partial charge on any atom is 0.279 e. The van der Waals surface area contributed by atoms with Gasteiger partial charge in [0, 0.05) is 17.3 Å². The lowest BCUT2D eigenvalue weighted by atomic mass is 10.1. The number of quaternary nitrogens is 2. The molecule has 2 aromatic carbocycles. The minimum absolute atomic E-state index is 0.0260. The van der Waals surface area contributed by atoms with Gasteiger partial charge in [-0.2, -0.15) is 0 Å². The normalized spacial score (nSPS) is 21.8. The third kappa shape index (κ3) is 4.08. The topological polar surface area (TPSA) is 74.9 Å². The quantitative estimate of drug-likeness (QED) is 0.606. The summed E-state index contributed by atoms with van der Waals surface area (Å²) in [4.78, 5) is 15.3. The maximum atomic E-state index is 12.4. The number of hydrogen-bond donors (Lipinski definition) is 3. The van der Waals surface area contributed by atoms with E-state index in [-0.39, 0.29) is 12.7 Å². The van der Waals surface area contributed by atoms with Crippen molar-refractivity contribution >= 4 is 11.6 Å². The Bertz CT molecular complexity index is 911. The smallest absolute Gasteiger partial charge is 0.279 e. The van der Waals surface area contributed by atoms with Crippen molar-refractivity contribution in [1.82, 2.24) is 0 Å². The SMILES string of the molecule is O=C(C[NH+]1CC[NH+](Cc2ccc3c(c2)OCO3)CC1)Nc1ccc2c(c1)OCO2. The molecule has 1 fully saturated rings. The van der Waals surface area contributed by atoms with Crippen molar-refractivity contribution in [2.75, 3.05) is 51.6 Å². The summed E-state index contributed by atoms with van der Waals surface area (Å²) in [6.07, 6.45) is 0. The predicted octanol–water partition coefficient (Wildman–Crippen LogP) is -0.934. The van der Waals surface area contributed by atoms with E-state index >= 15 is 0 Å². The van der Waals surface area contributed by atoms with Crippen molar-refractivity contribution < 1.29 is 33.5 Å². The molecule has 1 amide bonds. The van der Waals surface area contributed by atoms with Crippen LogP contribution in [-0.2, 0) is 11.3 Å². The highest BCUT2D eigenvalue weighted by Crippen LogP contribution is 2.34. The molecule has 3 N–H and O–H groups in total. The average Bonchev–Trinajstić information content (AvgIpc) is 3.37. The number of benzene rings is 2. The van der Waals surface area contributed by atoms with Crippen LogP contribution in [-0.4, -0.2) is 52.2 Å². The van der Waals surface area contributed by atoms with Crippen molar-refractivity contribution in [3.63, 3.8) is 0 Å². The summed E-state index contributed by atoms with van der Waals surface area (Å²) >= 11 is 0. The van der Waals surface area contributed by atoms with E-state index in [2.05, 4.69) is 17.4 Å². The summed E-state index contributed by atoms with van der Waals surface area (Å²) in [5.41, 5.74) is 2.00. The molecule has 0 aromatic heterocycles. The molecule has 3 heterocycles. The number of nitrogens with one attached hydrogen (secondary N) is 3. The standard InChI is InChI=1S/C21H23N3O5/c25-21(22-16-2-4-18-20(10-16)29-14-27-18)12-24-7-5-23(6-8-24)11-15-1-3-17-19(9-15)28-13-26-17/h1-4,9-10H,5-8,11-14H2,(H,22,25)/p+2. The molecule has 152 valence electrons. The molecule has 5 rings (SSSR count). The highest BCUT2D eigenvalue weighted by atomic mass is 16.7. The number of fused-ring (bicyclic) bond motifs is 2. The molecule has 0 saturated carbocycles. The Labute approximate surface area is 168 Å². The zero-order valence-corrected chi connectivity index (χ0v) is 16.2. The Hall–Kier alpha value is -2.97. The fourth-order valence-electron chi connectivity index (χ4n) is 4.06. The average molecular weight is 399 g/mol. The number of carbonyl (C=O) groups is 1. The molecule has 0 bridgehead atoms. The summed E-state index contributed by atoms with van der Waals surface area (Å²) < 4.78 is 21.5. The highest BCUT2D eigenvalue weighted by Gasteiger charge is 2.26. The van der Waals surface area contributed by atoms with Gasteiger partial charge in [0.1, 0.15) is 32.7 Å². The van der Waals surface area contributed by atoms with E-state index < -0.39 is 0 Å². The Morgan fingerprint density at radius 1 is 0.793 bits per heavy atom. The molecule has 3 aliphatic rings. The van der Waals surface area contributed by atoms with Gasteiger partial charge in [-0.05, 0) is 30.3 Å². The number of rotatable bonds is 5. The molecule has 3 aliphatic heterocycles. The van der Waals surface area contributed by atoms with Crippen LogP contribution >= 0.6 is 0 Å². The first-order valence-electron chi connectivity index (χ1n) is 9.98. The van der Waals surface area contributed by atoms with Crippen molar-refractivity contribution in [3.05, 3.63) is 42.0 Å². The number of carbonyl (C=O) groups excluding carboxylic acids is 1. The summed E-state index contributed by atoms with van der Waals surface area (Å²) in [7, 11) is 0. The van der Waals surface area contributed by atoms with Crippen LogP contribution in [0.3, 0.4) is 0 Å². The van der Waals surface area contributed by atoms with Gasteiger partial charge in [-0.1, -0.05) is 0 Å². The monoisotopic (exact) mass is 399 g/mol. The van der Waals surface area contributed by atoms with E-state index in [0.717, 1.165) is 55.7 Å². The van der Waals surface area contributed by atoms with E-state index in [9.17, 15) is 4.79 Å². The van der Waals surface area contributed by atoms with Crippen molar-refractivity contribution in [1.29, 1.82) is 0 Å². The Morgan fingerprint density at radius 3 is 2.17 bits per heavy atom. The lowest BCUT2D eigenvalue weighted by Gasteiger charge is -2.29. The van der Waals surface area contributed by atoms with Gasteiger partial charge in [0.15, 0.2) is 29.5 Å². The molecule has 1 saturated heterocycles. The molecule has 8 nitrogen and oxygen atoms in total. The molecule has 0 spiro atoms. The van der Waals surface area contributed by atoms with Crippen molar-refractivity contribution in [3.8, 4) is 23.0 Å². The number of piperazine rings is 1. The van der Waals surface area contributed by atoms with Gasteiger partial charge in [-0.25, -0.2) is 0 Å². The van der Waals surface area contributed by atoms with Crippen LogP contribution in [0.1, 0.15) is 5.56 Å². The summed E-state index contributed by atoms with van der Waals surface area (Å²) in [6, 6.07) is 11.6. The zero-order chi connectivity index (χ0) is 19.6. The molecule has 2 aromatic rings. The first-order valence-corrected chi connectivity index (χ1v) is 9.98. The van der Waals surface area contributed by atoms with Gasteiger partial charge < -0.3 is 34.1 Å². The van der Waals surface area contributed by atoms with Crippen LogP contribution in [0.4, 0.5) is 5.69 Å². The molecular weight excluding hydrogens is 374 g/mol. The second-order valence-corrected chi connectivity index (χ2v) is 7.66. The Kier molecular flexibility index (Phi) is 4.87. The Balaban J connectivity index is 1.09. The van der Waals surface area contributed by atoms with Crippen molar-refractivity contribution in [2.45, 2.75) is 6.54 Å². The first-order chi connectivity index (χ1) is 14.2. The van der Waals surface area contributed by atoms with Gasteiger partial charge in [0.2, 0.25) is 13.6 Å². The van der Waals surface area contributed by atoms with Crippen LogP contribution in [0.15, 0.2) is 36.4 Å². The van der Waals surface area contributed by atoms with Gasteiger partial charge in [0.25, 0.3) is 5.91 Å². The van der Waals surface area contributed by atoms with E-state index in [0.29, 0.717) is 19.1 Å². The molecule has 0 atom stereocenters. The van der Waals surface area contributed by atoms with Gasteiger partial charge in [-0.15, -0.1) is 0 Å². The van der Waals surface area contributed by atoms with Crippen LogP contribution in [0.2, 0.25) is 0 Å². The number of anilines is 1. The maximum absolute atomic E-state index is 12.4. The van der Waals surface area contributed by atoms with E-state index in [1.807, 2.05) is 24.3 Å². The van der Waals surface area contributed by atoms with Crippen LogP contribution < -0.4 is 34.1 Å². The van der Waals surface area contributed by atoms with E-state index in [1.165, 1.54) is 15.4 Å². The van der Waals surface area contributed by atoms with E-state index in [4.69, 9.17) is 18.9 Å². The minimum Gasteiger partial charge on any atom is -0.454 e. The second-order valence-electron chi connectivity index (χ2n) is 7.66. The number of ether oxygens (including phenoxy) is 4. The third-order valence-electron chi connectivity index (χ3n) is 5.62. The molecule has 8 heteroatoms. The Morgan fingerprint density at radius 2 is 1.41 bits per heavy atom. The van der Waals surface area contributed by atoms with Crippen LogP contribution in [0.5, 0.6) is 23.0 Å². The van der Waals surface area contributed by atoms with Gasteiger partial charge in [0.05, 0.1) is 0 Å². The van der Waals surface area contributed by atoms with Gasteiger partial charge >= 0.3 is 0 Å². The summed E-state index contributed by atoms with van der Waals surface area (Å²) in [6.45, 7) is 6.03. The van der Waals surface area contributed by atoms with Crippen molar-refractivity contribution in [2.24, 2.45) is 0 Å². The third-order valence-corrected chi connectivity index (χ3v) is 5.62. The number of hydrogen-bond acceptors (Lipinski definition) is 5. The summed E-state index contributed by atoms with van der Waals surface area (Å²) in [5.74, 6) is 3.09. The first kappa shape index (κ1) is 18.1. The highest BCUT2D eigenvalue weighted by molar-refractivity contribution is 5.91.